The minimum Gasteiger partial charge on any atom is -0.495 e. The average Bonchev–Trinajstić information content (AvgIpc) is 3.53. The first kappa shape index (κ1) is 30.4. The molecule has 43 heavy (non-hydrogen) atoms. The Kier molecular flexibility index (Phi) is 8.97. The van der Waals surface area contributed by atoms with Gasteiger partial charge in [-0.2, -0.15) is 13.2 Å². The van der Waals surface area contributed by atoms with Crippen LogP contribution in [0.15, 0.2) is 57.9 Å². The number of benzene rings is 2. The Hall–Kier alpha value is -4.03. The number of nitrogens with zero attached hydrogens (tertiary/aromatic N) is 2. The normalized spacial score (nSPS) is 14.7. The first-order valence-corrected chi connectivity index (χ1v) is 15.0. The van der Waals surface area contributed by atoms with E-state index >= 15 is 0 Å². The Labute approximate surface area is 248 Å². The van der Waals surface area contributed by atoms with E-state index in [0.29, 0.717) is 41.3 Å². The molecule has 0 saturated carbocycles. The zero-order valence-electron chi connectivity index (χ0n) is 23.5. The van der Waals surface area contributed by atoms with Crippen molar-refractivity contribution in [1.82, 2.24) is 9.72 Å². The Morgan fingerprint density at radius 3 is 2.60 bits per heavy atom. The molecule has 1 fully saturated rings. The van der Waals surface area contributed by atoms with E-state index in [9.17, 15) is 22.3 Å². The molecule has 2 aromatic heterocycles. The molecule has 4 aromatic rings. The summed E-state index contributed by atoms with van der Waals surface area (Å²) in [6.07, 6.45) is -2.80. The molecule has 5 rings (SSSR count). The van der Waals surface area contributed by atoms with Crippen molar-refractivity contribution in [3.05, 3.63) is 60.0 Å². The minimum absolute atomic E-state index is 0.0865. The van der Waals surface area contributed by atoms with Crippen LogP contribution in [0, 0.1) is 18.8 Å². The van der Waals surface area contributed by atoms with Crippen LogP contribution in [-0.4, -0.2) is 57.9 Å². The standard InChI is InChI=1S/C29H32F3N5O5S/c1-19-15-28(35-42-19)36-43(38,39)22-8-9-25(27(17-22)40-2)33-12-4-5-21-16-23-24(34-20-10-13-41-14-11-20)6-3-7-26(23)37(21)18-29(30,31)32/h3,6-9,15-17,20,33-34,38-39H,10-14,18H2,1-2H3,(H,35,36). The molecule has 230 valence electrons. The summed E-state index contributed by atoms with van der Waals surface area (Å²) >= 11 is 0. The van der Waals surface area contributed by atoms with E-state index in [1.165, 1.54) is 29.9 Å². The number of hydrogen-bond acceptors (Lipinski definition) is 9. The van der Waals surface area contributed by atoms with E-state index in [0.717, 1.165) is 18.5 Å². The lowest BCUT2D eigenvalue weighted by Crippen LogP contribution is -2.27. The van der Waals surface area contributed by atoms with Gasteiger partial charge in [-0.25, -0.2) is 0 Å². The lowest BCUT2D eigenvalue weighted by atomic mass is 10.1. The summed E-state index contributed by atoms with van der Waals surface area (Å²) in [5.74, 6) is 6.78. The zero-order chi connectivity index (χ0) is 30.6. The van der Waals surface area contributed by atoms with Crippen molar-refractivity contribution >= 4 is 38.9 Å². The van der Waals surface area contributed by atoms with E-state index < -0.39 is 23.5 Å². The number of hydrogen-bond donors (Lipinski definition) is 5. The molecule has 0 radical (unpaired) electrons. The Morgan fingerprint density at radius 2 is 1.91 bits per heavy atom. The van der Waals surface area contributed by atoms with E-state index in [-0.39, 0.29) is 29.0 Å². The fourth-order valence-electron chi connectivity index (χ4n) is 4.81. The molecule has 0 aliphatic carbocycles. The number of alkyl halides is 3. The number of aromatic nitrogens is 2. The molecule has 0 spiro atoms. The predicted octanol–water partition coefficient (Wildman–Crippen LogP) is 6.70. The van der Waals surface area contributed by atoms with Crippen LogP contribution in [0.2, 0.25) is 0 Å². The van der Waals surface area contributed by atoms with Crippen LogP contribution in [0.4, 0.5) is 30.4 Å². The molecule has 0 atom stereocenters. The summed E-state index contributed by atoms with van der Waals surface area (Å²) in [7, 11) is -2.04. The highest BCUT2D eigenvalue weighted by atomic mass is 32.3. The Balaban J connectivity index is 1.34. The molecule has 0 unspecified atom stereocenters. The zero-order valence-corrected chi connectivity index (χ0v) is 24.3. The number of fused-ring (bicyclic) bond motifs is 1. The molecule has 10 nitrogen and oxygen atoms in total. The third-order valence-corrected chi connectivity index (χ3v) is 8.23. The maximum atomic E-state index is 13.6. The first-order chi connectivity index (χ1) is 20.5. The average molecular weight is 620 g/mol. The van der Waals surface area contributed by atoms with E-state index in [2.05, 4.69) is 32.4 Å². The number of anilines is 3. The van der Waals surface area contributed by atoms with Crippen molar-refractivity contribution in [3.8, 4) is 17.6 Å². The van der Waals surface area contributed by atoms with Crippen LogP contribution in [0.3, 0.4) is 0 Å². The molecule has 14 heteroatoms. The van der Waals surface area contributed by atoms with Gasteiger partial charge in [-0.1, -0.05) is 27.9 Å². The molecule has 5 N–H and O–H groups in total. The number of halogens is 3. The number of ether oxygens (including phenoxy) is 2. The smallest absolute Gasteiger partial charge is 0.406 e. The molecule has 0 amide bonds. The fraction of sp³-hybridized carbons (Fsp3) is 0.345. The number of aryl methyl sites for hydroxylation is 1. The quantitative estimate of drug-likeness (QED) is 0.130. The van der Waals surface area contributed by atoms with Crippen molar-refractivity contribution < 1.29 is 36.3 Å². The monoisotopic (exact) mass is 619 g/mol. The van der Waals surface area contributed by atoms with Crippen LogP contribution in [-0.2, 0) is 11.3 Å². The highest BCUT2D eigenvalue weighted by Gasteiger charge is 2.30. The molecule has 1 aliphatic rings. The van der Waals surface area contributed by atoms with Gasteiger partial charge in [-0.3, -0.25) is 13.8 Å². The highest BCUT2D eigenvalue weighted by molar-refractivity contribution is 8.25. The largest absolute Gasteiger partial charge is 0.495 e. The number of rotatable bonds is 9. The predicted molar refractivity (Wildman–Crippen MR) is 160 cm³/mol. The third kappa shape index (κ3) is 7.49. The van der Waals surface area contributed by atoms with E-state index in [1.54, 1.807) is 31.2 Å². The van der Waals surface area contributed by atoms with Gasteiger partial charge in [0.2, 0.25) is 0 Å². The number of methoxy groups -OCH3 is 1. The first-order valence-electron chi connectivity index (χ1n) is 13.5. The minimum atomic E-state index is -4.43. The summed E-state index contributed by atoms with van der Waals surface area (Å²) < 4.78 is 81.5. The third-order valence-electron chi connectivity index (χ3n) is 6.82. The molecule has 2 aromatic carbocycles. The van der Waals surface area contributed by atoms with Gasteiger partial charge in [0, 0.05) is 42.5 Å². The Morgan fingerprint density at radius 1 is 1.12 bits per heavy atom. The van der Waals surface area contributed by atoms with Gasteiger partial charge < -0.3 is 29.2 Å². The van der Waals surface area contributed by atoms with Crippen LogP contribution >= 0.6 is 10.8 Å². The van der Waals surface area contributed by atoms with Gasteiger partial charge in [0.25, 0.3) is 0 Å². The van der Waals surface area contributed by atoms with Crippen molar-refractivity contribution in [2.45, 2.75) is 43.4 Å². The van der Waals surface area contributed by atoms with Crippen LogP contribution in [0.5, 0.6) is 5.75 Å². The van der Waals surface area contributed by atoms with Crippen molar-refractivity contribution in [2.24, 2.45) is 0 Å². The van der Waals surface area contributed by atoms with Crippen LogP contribution < -0.4 is 20.1 Å². The summed E-state index contributed by atoms with van der Waals surface area (Å²) in [5.41, 5.74) is 1.94. The van der Waals surface area contributed by atoms with Crippen LogP contribution in [0.25, 0.3) is 10.9 Å². The Bertz CT molecular complexity index is 1640. The van der Waals surface area contributed by atoms with Crippen molar-refractivity contribution in [2.75, 3.05) is 42.2 Å². The van der Waals surface area contributed by atoms with Gasteiger partial charge in [0.15, 0.2) is 5.82 Å². The second-order valence-electron chi connectivity index (χ2n) is 9.99. The lowest BCUT2D eigenvalue weighted by molar-refractivity contribution is -0.140. The second-order valence-corrected chi connectivity index (χ2v) is 11.8. The highest BCUT2D eigenvalue weighted by Crippen LogP contribution is 2.49. The van der Waals surface area contributed by atoms with Gasteiger partial charge in [-0.05, 0) is 56.0 Å². The summed E-state index contributed by atoms with van der Waals surface area (Å²) in [5, 5.41) is 10.9. The second kappa shape index (κ2) is 12.7. The lowest BCUT2D eigenvalue weighted by Gasteiger charge is -2.32. The molecule has 3 heterocycles. The molecular weight excluding hydrogens is 587 g/mol. The van der Waals surface area contributed by atoms with Gasteiger partial charge >= 0.3 is 6.18 Å². The van der Waals surface area contributed by atoms with Crippen molar-refractivity contribution in [3.63, 3.8) is 0 Å². The maximum absolute atomic E-state index is 13.6. The van der Waals surface area contributed by atoms with Gasteiger partial charge in [0.1, 0.15) is 18.1 Å². The molecule has 1 saturated heterocycles. The fourth-order valence-corrected chi connectivity index (χ4v) is 5.85. The van der Waals surface area contributed by atoms with Gasteiger partial charge in [0.05, 0.1) is 35.4 Å². The SMILES string of the molecule is COc1cc(S(O)(O)Nc2cc(C)on2)ccc1NCC#Cc1cc2c(NC3CCOCC3)cccc2n1CC(F)(F)F. The molecular formula is C29H32F3N5O5S. The van der Waals surface area contributed by atoms with Crippen LogP contribution in [0.1, 0.15) is 24.3 Å². The molecule has 0 bridgehead atoms. The topological polar surface area (TPSA) is 126 Å². The number of nitrogens with one attached hydrogen (secondary N) is 3. The summed E-state index contributed by atoms with van der Waals surface area (Å²) in [4.78, 5) is 0.156. The van der Waals surface area contributed by atoms with Crippen molar-refractivity contribution in [1.29, 1.82) is 0 Å². The summed E-state index contributed by atoms with van der Waals surface area (Å²) in [6.45, 7) is 1.87. The van der Waals surface area contributed by atoms with E-state index in [4.69, 9.17) is 14.0 Å². The molecule has 1 aliphatic heterocycles. The summed E-state index contributed by atoms with van der Waals surface area (Å²) in [6, 6.07) is 13.2. The van der Waals surface area contributed by atoms with Gasteiger partial charge in [-0.15, -0.1) is 0 Å². The maximum Gasteiger partial charge on any atom is 0.406 e. The van der Waals surface area contributed by atoms with E-state index in [1.807, 2.05) is 6.07 Å².